The van der Waals surface area contributed by atoms with E-state index in [1.807, 2.05) is 0 Å². The number of nitrogens with zero attached hydrogens (tertiary/aromatic N) is 2. The maximum Gasteiger partial charge on any atom is 0.285 e. The Hall–Kier alpha value is -1.89. The van der Waals surface area contributed by atoms with Crippen molar-refractivity contribution in [3.05, 3.63) is 21.6 Å². The summed E-state index contributed by atoms with van der Waals surface area (Å²) in [4.78, 5) is 35.1. The second kappa shape index (κ2) is 4.17. The second-order valence-corrected chi connectivity index (χ2v) is 4.00. The molecule has 2 rings (SSSR count). The first-order valence-corrected chi connectivity index (χ1v) is 5.18. The molecule has 1 aliphatic rings. The summed E-state index contributed by atoms with van der Waals surface area (Å²) in [5, 5.41) is 8.36. The molecule has 2 N–H and O–H groups in total. The van der Waals surface area contributed by atoms with Gasteiger partial charge < -0.3 is 5.32 Å². The number of halogens is 1. The Morgan fingerprint density at radius 1 is 1.53 bits per heavy atom. The van der Waals surface area contributed by atoms with E-state index < -0.39 is 11.6 Å². The zero-order chi connectivity index (χ0) is 12.6. The molecule has 0 radical (unpaired) electrons. The molecule has 2 amide bonds. The van der Waals surface area contributed by atoms with Crippen LogP contribution in [-0.4, -0.2) is 40.0 Å². The average molecular weight is 257 g/mol. The number of amides is 2. The molecule has 1 unspecified atom stereocenters. The molecule has 0 aliphatic carbocycles. The number of carbonyl (C=O) groups excluding carboxylic acids is 2. The van der Waals surface area contributed by atoms with Gasteiger partial charge in [0.1, 0.15) is 11.1 Å². The molecular weight excluding hydrogens is 248 g/mol. The predicted molar refractivity (Wildman–Crippen MR) is 59.7 cm³/mol. The molecule has 0 bridgehead atoms. The van der Waals surface area contributed by atoms with Crippen LogP contribution in [0.4, 0.5) is 5.69 Å². The predicted octanol–water partition coefficient (Wildman–Crippen LogP) is -0.408. The van der Waals surface area contributed by atoms with Crippen molar-refractivity contribution in [3.8, 4) is 0 Å². The number of likely N-dealkylation sites (N-methyl/N-ethyl adjacent to an activating group) is 1. The molecule has 7 nitrogen and oxygen atoms in total. The van der Waals surface area contributed by atoms with E-state index >= 15 is 0 Å². The number of hydrogen-bond acceptors (Lipinski definition) is 5. The van der Waals surface area contributed by atoms with E-state index in [2.05, 4.69) is 15.5 Å². The topological polar surface area (TPSA) is 95.2 Å². The van der Waals surface area contributed by atoms with Crippen LogP contribution in [0.3, 0.4) is 0 Å². The molecule has 8 heteroatoms. The summed E-state index contributed by atoms with van der Waals surface area (Å²) in [6.45, 7) is 0. The van der Waals surface area contributed by atoms with E-state index in [0.29, 0.717) is 0 Å². The third-order valence-corrected chi connectivity index (χ3v) is 2.88. The van der Waals surface area contributed by atoms with Crippen molar-refractivity contribution >= 4 is 29.1 Å². The van der Waals surface area contributed by atoms with Crippen molar-refractivity contribution in [1.29, 1.82) is 0 Å². The minimum atomic E-state index is -0.700. The molecule has 17 heavy (non-hydrogen) atoms. The average Bonchev–Trinajstić information content (AvgIpc) is 2.53. The van der Waals surface area contributed by atoms with Crippen molar-refractivity contribution in [2.24, 2.45) is 0 Å². The minimum Gasteiger partial charge on any atom is -0.371 e. The van der Waals surface area contributed by atoms with Crippen LogP contribution in [0.25, 0.3) is 0 Å². The number of rotatable bonds is 2. The van der Waals surface area contributed by atoms with Gasteiger partial charge in [-0.3, -0.25) is 19.3 Å². The Labute approximate surface area is 101 Å². The first kappa shape index (κ1) is 11.6. The monoisotopic (exact) mass is 256 g/mol. The number of aromatic nitrogens is 2. The van der Waals surface area contributed by atoms with Crippen LogP contribution in [0.2, 0.25) is 5.02 Å². The fraction of sp³-hybridized carbons (Fsp3) is 0.333. The summed E-state index contributed by atoms with van der Waals surface area (Å²) < 4.78 is 0. The largest absolute Gasteiger partial charge is 0.371 e. The smallest absolute Gasteiger partial charge is 0.285 e. The number of anilines is 1. The number of likely N-dealkylation sites (tertiary alicyclic amines) is 1. The molecule has 0 aromatic carbocycles. The van der Waals surface area contributed by atoms with E-state index in [4.69, 9.17) is 11.6 Å². The van der Waals surface area contributed by atoms with Crippen LogP contribution in [-0.2, 0) is 9.59 Å². The summed E-state index contributed by atoms with van der Waals surface area (Å²) in [6.07, 6.45) is 1.33. The summed E-state index contributed by atoms with van der Waals surface area (Å²) in [6, 6.07) is -0.700. The number of H-pyrrole nitrogens is 1. The van der Waals surface area contributed by atoms with Crippen molar-refractivity contribution in [1.82, 2.24) is 15.1 Å². The highest BCUT2D eigenvalue weighted by Crippen LogP contribution is 2.20. The molecule has 1 aromatic rings. The van der Waals surface area contributed by atoms with Crippen LogP contribution in [0.5, 0.6) is 0 Å². The Morgan fingerprint density at radius 2 is 2.24 bits per heavy atom. The van der Waals surface area contributed by atoms with Gasteiger partial charge in [-0.2, -0.15) is 5.10 Å². The normalized spacial score (nSPS) is 19.9. The van der Waals surface area contributed by atoms with Crippen molar-refractivity contribution in [2.45, 2.75) is 12.5 Å². The highest BCUT2D eigenvalue weighted by molar-refractivity contribution is 6.33. The van der Waals surface area contributed by atoms with Gasteiger partial charge in [0, 0.05) is 7.05 Å². The molecule has 0 spiro atoms. The van der Waals surface area contributed by atoms with Crippen LogP contribution >= 0.6 is 11.6 Å². The maximum atomic E-state index is 11.6. The Balaban J connectivity index is 2.23. The summed E-state index contributed by atoms with van der Waals surface area (Å²) in [5.74, 6) is -0.632. The zero-order valence-electron chi connectivity index (χ0n) is 8.86. The van der Waals surface area contributed by atoms with Crippen molar-refractivity contribution in [3.63, 3.8) is 0 Å². The van der Waals surface area contributed by atoms with Gasteiger partial charge in [-0.25, -0.2) is 5.10 Å². The molecule has 90 valence electrons. The fourth-order valence-corrected chi connectivity index (χ4v) is 1.69. The summed E-state index contributed by atoms with van der Waals surface area (Å²) >= 11 is 5.74. The Bertz CT molecular complexity index is 541. The van der Waals surface area contributed by atoms with Gasteiger partial charge in [0.15, 0.2) is 0 Å². The lowest BCUT2D eigenvalue weighted by atomic mass is 10.2. The van der Waals surface area contributed by atoms with Crippen molar-refractivity contribution in [2.75, 3.05) is 12.4 Å². The number of carbonyl (C=O) groups is 2. The number of imide groups is 1. The summed E-state index contributed by atoms with van der Waals surface area (Å²) in [7, 11) is 1.41. The van der Waals surface area contributed by atoms with Crippen molar-refractivity contribution < 1.29 is 9.59 Å². The third kappa shape index (κ3) is 2.01. The lowest BCUT2D eigenvalue weighted by Gasteiger charge is -2.12. The van der Waals surface area contributed by atoms with Gasteiger partial charge in [-0.1, -0.05) is 11.6 Å². The lowest BCUT2D eigenvalue weighted by molar-refractivity contribution is -0.136. The van der Waals surface area contributed by atoms with E-state index in [9.17, 15) is 14.4 Å². The van der Waals surface area contributed by atoms with Crippen LogP contribution < -0.4 is 10.9 Å². The highest BCUT2D eigenvalue weighted by atomic mass is 35.5. The number of aromatic amines is 1. The Morgan fingerprint density at radius 3 is 2.82 bits per heavy atom. The lowest BCUT2D eigenvalue weighted by Crippen LogP contribution is -2.32. The molecule has 1 aliphatic heterocycles. The molecular formula is C9H9ClN4O3. The SMILES string of the molecule is CN1C(=O)CC(Nc2cn[nH]c(=O)c2Cl)C1=O. The molecule has 1 aromatic heterocycles. The van der Waals surface area contributed by atoms with Crippen LogP contribution in [0, 0.1) is 0 Å². The highest BCUT2D eigenvalue weighted by Gasteiger charge is 2.36. The van der Waals surface area contributed by atoms with E-state index in [-0.39, 0.29) is 28.9 Å². The van der Waals surface area contributed by atoms with Gasteiger partial charge in [0.25, 0.3) is 11.5 Å². The van der Waals surface area contributed by atoms with Gasteiger partial charge in [-0.05, 0) is 0 Å². The van der Waals surface area contributed by atoms with Gasteiger partial charge in [-0.15, -0.1) is 0 Å². The molecule has 0 saturated carbocycles. The van der Waals surface area contributed by atoms with E-state index in [1.54, 1.807) is 0 Å². The third-order valence-electron chi connectivity index (χ3n) is 2.51. The fourth-order valence-electron chi connectivity index (χ4n) is 1.54. The first-order valence-electron chi connectivity index (χ1n) is 4.81. The molecule has 1 fully saturated rings. The summed E-state index contributed by atoms with van der Waals surface area (Å²) in [5.41, 5.74) is -0.321. The minimum absolute atomic E-state index is 0.0401. The number of hydrogen-bond donors (Lipinski definition) is 2. The van der Waals surface area contributed by atoms with Gasteiger partial charge in [0.2, 0.25) is 5.91 Å². The first-order chi connectivity index (χ1) is 8.00. The quantitative estimate of drug-likeness (QED) is 0.702. The van der Waals surface area contributed by atoms with Gasteiger partial charge in [0.05, 0.1) is 18.3 Å². The molecule has 2 heterocycles. The zero-order valence-corrected chi connectivity index (χ0v) is 9.61. The standard InChI is InChI=1S/C9H9ClN4O3/c1-14-6(15)2-4(9(14)17)12-5-3-11-13-8(16)7(5)10/h3-4H,2H2,1H3,(H2,12,13,16). The Kier molecular flexibility index (Phi) is 2.84. The maximum absolute atomic E-state index is 11.6. The van der Waals surface area contributed by atoms with Gasteiger partial charge >= 0.3 is 0 Å². The molecule has 1 saturated heterocycles. The van der Waals surface area contributed by atoms with Crippen LogP contribution in [0.1, 0.15) is 6.42 Å². The van der Waals surface area contributed by atoms with E-state index in [1.165, 1.54) is 13.2 Å². The van der Waals surface area contributed by atoms with Crippen LogP contribution in [0.15, 0.2) is 11.0 Å². The number of nitrogens with one attached hydrogen (secondary N) is 2. The van der Waals surface area contributed by atoms with E-state index in [0.717, 1.165) is 4.90 Å². The molecule has 1 atom stereocenters. The second-order valence-electron chi connectivity index (χ2n) is 3.62.